The Labute approximate surface area is 93.0 Å². The Morgan fingerprint density at radius 2 is 2.13 bits per heavy atom. The highest BCUT2D eigenvalue weighted by molar-refractivity contribution is 7.09. The second-order valence-corrected chi connectivity index (χ2v) is 4.24. The van der Waals surface area contributed by atoms with Gasteiger partial charge in [-0.25, -0.2) is 0 Å². The average molecular weight is 219 g/mol. The SMILES string of the molecule is Nc1ccccc1CNCc1cncs1. The van der Waals surface area contributed by atoms with Gasteiger partial charge in [-0.15, -0.1) is 11.3 Å². The van der Waals surface area contributed by atoms with Gasteiger partial charge in [0.15, 0.2) is 0 Å². The van der Waals surface area contributed by atoms with Crippen molar-refractivity contribution in [2.45, 2.75) is 13.1 Å². The van der Waals surface area contributed by atoms with E-state index in [0.717, 1.165) is 24.3 Å². The van der Waals surface area contributed by atoms with Gasteiger partial charge >= 0.3 is 0 Å². The van der Waals surface area contributed by atoms with Crippen LogP contribution >= 0.6 is 11.3 Å². The minimum Gasteiger partial charge on any atom is -0.398 e. The lowest BCUT2D eigenvalue weighted by atomic mass is 10.2. The third-order valence-corrected chi connectivity index (χ3v) is 2.93. The number of nitrogens with one attached hydrogen (secondary N) is 1. The molecule has 0 spiro atoms. The van der Waals surface area contributed by atoms with Gasteiger partial charge in [0, 0.05) is 29.9 Å². The largest absolute Gasteiger partial charge is 0.398 e. The van der Waals surface area contributed by atoms with E-state index >= 15 is 0 Å². The van der Waals surface area contributed by atoms with E-state index in [4.69, 9.17) is 5.73 Å². The maximum Gasteiger partial charge on any atom is 0.0794 e. The Morgan fingerprint density at radius 1 is 1.27 bits per heavy atom. The molecule has 1 aromatic carbocycles. The molecule has 0 saturated heterocycles. The Hall–Kier alpha value is -1.39. The van der Waals surface area contributed by atoms with Crippen molar-refractivity contribution >= 4 is 17.0 Å². The maximum absolute atomic E-state index is 5.83. The van der Waals surface area contributed by atoms with Gasteiger partial charge in [0.2, 0.25) is 0 Å². The van der Waals surface area contributed by atoms with E-state index in [2.05, 4.69) is 10.3 Å². The summed E-state index contributed by atoms with van der Waals surface area (Å²) in [6, 6.07) is 7.90. The minimum absolute atomic E-state index is 0.796. The molecule has 2 rings (SSSR count). The van der Waals surface area contributed by atoms with Gasteiger partial charge in [-0.1, -0.05) is 18.2 Å². The number of hydrogen-bond donors (Lipinski definition) is 2. The second-order valence-electron chi connectivity index (χ2n) is 3.27. The first kappa shape index (κ1) is 10.1. The Morgan fingerprint density at radius 3 is 2.87 bits per heavy atom. The molecule has 0 radical (unpaired) electrons. The van der Waals surface area contributed by atoms with Crippen LogP contribution in [0, 0.1) is 0 Å². The van der Waals surface area contributed by atoms with Gasteiger partial charge in [0.25, 0.3) is 0 Å². The lowest BCUT2D eigenvalue weighted by Crippen LogP contribution is -2.12. The number of anilines is 1. The van der Waals surface area contributed by atoms with Crippen molar-refractivity contribution in [1.29, 1.82) is 0 Å². The molecular formula is C11H13N3S. The number of thiazole rings is 1. The molecule has 0 fully saturated rings. The third-order valence-electron chi connectivity index (χ3n) is 2.15. The molecule has 0 amide bonds. The number of nitrogen functional groups attached to an aromatic ring is 1. The summed E-state index contributed by atoms with van der Waals surface area (Å²) in [5, 5.41) is 3.34. The maximum atomic E-state index is 5.83. The zero-order chi connectivity index (χ0) is 10.5. The van der Waals surface area contributed by atoms with E-state index in [1.807, 2.05) is 36.0 Å². The first-order chi connectivity index (χ1) is 7.36. The molecule has 0 aliphatic rings. The Balaban J connectivity index is 1.86. The summed E-state index contributed by atoms with van der Waals surface area (Å²) in [4.78, 5) is 5.26. The van der Waals surface area contributed by atoms with E-state index in [1.165, 1.54) is 4.88 Å². The lowest BCUT2D eigenvalue weighted by molar-refractivity contribution is 0.701. The summed E-state index contributed by atoms with van der Waals surface area (Å²) in [6.45, 7) is 1.64. The van der Waals surface area contributed by atoms with E-state index in [-0.39, 0.29) is 0 Å². The van der Waals surface area contributed by atoms with E-state index in [0.29, 0.717) is 0 Å². The smallest absolute Gasteiger partial charge is 0.0794 e. The van der Waals surface area contributed by atoms with Crippen LogP contribution in [0.15, 0.2) is 36.0 Å². The minimum atomic E-state index is 0.796. The lowest BCUT2D eigenvalue weighted by Gasteiger charge is -2.05. The molecule has 0 atom stereocenters. The van der Waals surface area contributed by atoms with E-state index in [1.54, 1.807) is 11.3 Å². The molecule has 2 aromatic rings. The van der Waals surface area contributed by atoms with Gasteiger partial charge in [-0.05, 0) is 11.6 Å². The van der Waals surface area contributed by atoms with Crippen molar-refractivity contribution in [3.05, 3.63) is 46.4 Å². The van der Waals surface area contributed by atoms with Crippen LogP contribution in [0.4, 0.5) is 5.69 Å². The molecule has 0 aliphatic carbocycles. The zero-order valence-electron chi connectivity index (χ0n) is 8.31. The fraction of sp³-hybridized carbons (Fsp3) is 0.182. The van der Waals surface area contributed by atoms with Crippen molar-refractivity contribution in [2.24, 2.45) is 0 Å². The number of para-hydroxylation sites is 1. The quantitative estimate of drug-likeness (QED) is 0.773. The first-order valence-electron chi connectivity index (χ1n) is 4.78. The van der Waals surface area contributed by atoms with Crippen LogP contribution in [-0.4, -0.2) is 4.98 Å². The summed E-state index contributed by atoms with van der Waals surface area (Å²) >= 11 is 1.66. The molecule has 78 valence electrons. The van der Waals surface area contributed by atoms with Crippen molar-refractivity contribution < 1.29 is 0 Å². The van der Waals surface area contributed by atoms with Crippen LogP contribution in [0.5, 0.6) is 0 Å². The van der Waals surface area contributed by atoms with Crippen LogP contribution in [0.2, 0.25) is 0 Å². The fourth-order valence-corrected chi connectivity index (χ4v) is 1.91. The summed E-state index contributed by atoms with van der Waals surface area (Å²) in [7, 11) is 0. The second kappa shape index (κ2) is 4.91. The summed E-state index contributed by atoms with van der Waals surface area (Å²) in [5.74, 6) is 0. The predicted molar refractivity (Wildman–Crippen MR) is 63.5 cm³/mol. The molecule has 0 aliphatic heterocycles. The molecule has 15 heavy (non-hydrogen) atoms. The van der Waals surface area contributed by atoms with E-state index in [9.17, 15) is 0 Å². The number of rotatable bonds is 4. The van der Waals surface area contributed by atoms with Crippen LogP contribution in [0.25, 0.3) is 0 Å². The summed E-state index contributed by atoms with van der Waals surface area (Å²) in [6.07, 6.45) is 1.88. The molecule has 3 N–H and O–H groups in total. The normalized spacial score (nSPS) is 10.4. The topological polar surface area (TPSA) is 50.9 Å². The number of benzene rings is 1. The van der Waals surface area contributed by atoms with Crippen molar-refractivity contribution in [3.63, 3.8) is 0 Å². The first-order valence-corrected chi connectivity index (χ1v) is 5.65. The standard InChI is InChI=1S/C11H13N3S/c12-11-4-2-1-3-9(11)5-13-6-10-7-14-8-15-10/h1-4,7-8,13H,5-6,12H2. The zero-order valence-corrected chi connectivity index (χ0v) is 9.13. The Bertz CT molecular complexity index is 412. The van der Waals surface area contributed by atoms with E-state index < -0.39 is 0 Å². The molecular weight excluding hydrogens is 206 g/mol. The monoisotopic (exact) mass is 219 g/mol. The highest BCUT2D eigenvalue weighted by Crippen LogP contribution is 2.10. The number of hydrogen-bond acceptors (Lipinski definition) is 4. The number of nitrogens with zero attached hydrogens (tertiary/aromatic N) is 1. The van der Waals surface area contributed by atoms with Gasteiger partial charge in [-0.2, -0.15) is 0 Å². The number of aromatic nitrogens is 1. The molecule has 1 aromatic heterocycles. The molecule has 0 unspecified atom stereocenters. The summed E-state index contributed by atoms with van der Waals surface area (Å²) < 4.78 is 0. The molecule has 3 nitrogen and oxygen atoms in total. The van der Waals surface area contributed by atoms with Crippen molar-refractivity contribution in [2.75, 3.05) is 5.73 Å². The van der Waals surface area contributed by atoms with Crippen LogP contribution in [-0.2, 0) is 13.1 Å². The third kappa shape index (κ3) is 2.78. The average Bonchev–Trinajstić information content (AvgIpc) is 2.74. The van der Waals surface area contributed by atoms with Crippen LogP contribution in [0.3, 0.4) is 0 Å². The highest BCUT2D eigenvalue weighted by atomic mass is 32.1. The van der Waals surface area contributed by atoms with Crippen molar-refractivity contribution in [3.8, 4) is 0 Å². The number of nitrogens with two attached hydrogens (primary N) is 1. The molecule has 0 saturated carbocycles. The Kier molecular flexibility index (Phi) is 3.32. The van der Waals surface area contributed by atoms with Crippen LogP contribution < -0.4 is 11.1 Å². The van der Waals surface area contributed by atoms with Gasteiger partial charge in [0.05, 0.1) is 5.51 Å². The molecule has 0 bridgehead atoms. The highest BCUT2D eigenvalue weighted by Gasteiger charge is 1.98. The van der Waals surface area contributed by atoms with Gasteiger partial charge in [0.1, 0.15) is 0 Å². The van der Waals surface area contributed by atoms with Gasteiger partial charge < -0.3 is 11.1 Å². The molecule has 1 heterocycles. The van der Waals surface area contributed by atoms with Crippen molar-refractivity contribution in [1.82, 2.24) is 10.3 Å². The summed E-state index contributed by atoms with van der Waals surface area (Å²) in [5.41, 5.74) is 9.65. The fourth-order valence-electron chi connectivity index (χ4n) is 1.34. The van der Waals surface area contributed by atoms with Crippen LogP contribution in [0.1, 0.15) is 10.4 Å². The predicted octanol–water partition coefficient (Wildman–Crippen LogP) is 2.02. The molecule has 4 heteroatoms. The van der Waals surface area contributed by atoms with Gasteiger partial charge in [-0.3, -0.25) is 4.98 Å².